The maximum absolute atomic E-state index is 13.1. The molecule has 1 saturated heterocycles. The van der Waals surface area contributed by atoms with Crippen LogP contribution < -0.4 is 5.32 Å². The first-order chi connectivity index (χ1) is 14.8. The topological polar surface area (TPSA) is 81.9 Å². The molecule has 3 heterocycles. The summed E-state index contributed by atoms with van der Waals surface area (Å²) in [6.07, 6.45) is 5.84. The third-order valence-corrected chi connectivity index (χ3v) is 5.58. The SMILES string of the molecule is O=C(N[C@H]1COC[C@H]1Cc1ccnc2ccccc12)c1ccccc1-n1cnnc1. The lowest BCUT2D eigenvalue weighted by Gasteiger charge is -2.20. The van der Waals surface area contributed by atoms with Crippen LogP contribution in [0.15, 0.2) is 73.4 Å². The summed E-state index contributed by atoms with van der Waals surface area (Å²) in [5.41, 5.74) is 3.53. The fraction of sp³-hybridized carbons (Fsp3) is 0.217. The number of amides is 1. The van der Waals surface area contributed by atoms with Crippen molar-refractivity contribution in [3.63, 3.8) is 0 Å². The number of hydrogen-bond acceptors (Lipinski definition) is 5. The second kappa shape index (κ2) is 8.04. The largest absolute Gasteiger partial charge is 0.379 e. The first kappa shape index (κ1) is 18.4. The molecule has 7 heteroatoms. The molecule has 4 aromatic rings. The number of fused-ring (bicyclic) bond motifs is 1. The standard InChI is InChI=1S/C23H21N5O2/c29-23(19-6-2-4-8-22(19)28-14-25-26-15-28)27-21-13-30-12-17(21)11-16-9-10-24-20-7-3-1-5-18(16)20/h1-10,14-15,17,21H,11-13H2,(H,27,29)/t17-,21+/m1/s1. The Labute approximate surface area is 173 Å². The number of rotatable bonds is 5. The van der Waals surface area contributed by atoms with Crippen molar-refractivity contribution in [3.8, 4) is 5.69 Å². The summed E-state index contributed by atoms with van der Waals surface area (Å²) in [5.74, 6) is 0.0706. The Morgan fingerprint density at radius 2 is 1.83 bits per heavy atom. The van der Waals surface area contributed by atoms with Crippen LogP contribution in [-0.4, -0.2) is 44.9 Å². The molecule has 1 fully saturated rings. The predicted molar refractivity (Wildman–Crippen MR) is 112 cm³/mol. The number of nitrogens with one attached hydrogen (secondary N) is 1. The summed E-state index contributed by atoms with van der Waals surface area (Å²) in [4.78, 5) is 17.5. The van der Waals surface area contributed by atoms with Gasteiger partial charge in [-0.2, -0.15) is 0 Å². The minimum Gasteiger partial charge on any atom is -0.379 e. The monoisotopic (exact) mass is 399 g/mol. The Kier molecular flexibility index (Phi) is 4.94. The lowest BCUT2D eigenvalue weighted by atomic mass is 9.93. The Morgan fingerprint density at radius 3 is 2.73 bits per heavy atom. The maximum atomic E-state index is 13.1. The van der Waals surface area contributed by atoms with Gasteiger partial charge in [0, 0.05) is 17.5 Å². The van der Waals surface area contributed by atoms with Gasteiger partial charge in [-0.15, -0.1) is 10.2 Å². The van der Waals surface area contributed by atoms with Gasteiger partial charge in [0.15, 0.2) is 0 Å². The van der Waals surface area contributed by atoms with Gasteiger partial charge in [0.25, 0.3) is 5.91 Å². The number of benzene rings is 2. The highest BCUT2D eigenvalue weighted by atomic mass is 16.5. The van der Waals surface area contributed by atoms with E-state index < -0.39 is 0 Å². The second-order valence-electron chi connectivity index (χ2n) is 7.46. The van der Waals surface area contributed by atoms with Crippen molar-refractivity contribution in [2.45, 2.75) is 12.5 Å². The number of hydrogen-bond donors (Lipinski definition) is 1. The van der Waals surface area contributed by atoms with Crippen molar-refractivity contribution in [1.82, 2.24) is 25.1 Å². The molecule has 1 aliphatic heterocycles. The van der Waals surface area contributed by atoms with Crippen LogP contribution in [-0.2, 0) is 11.2 Å². The molecule has 2 atom stereocenters. The van der Waals surface area contributed by atoms with E-state index in [9.17, 15) is 4.79 Å². The number of nitrogens with zero attached hydrogens (tertiary/aromatic N) is 4. The zero-order chi connectivity index (χ0) is 20.3. The Bertz CT molecular complexity index is 1170. The van der Waals surface area contributed by atoms with Crippen molar-refractivity contribution in [3.05, 3.63) is 84.6 Å². The molecule has 0 spiro atoms. The quantitative estimate of drug-likeness (QED) is 0.558. The summed E-state index contributed by atoms with van der Waals surface area (Å²) in [6.45, 7) is 1.13. The van der Waals surface area contributed by atoms with Crippen LogP contribution in [0.5, 0.6) is 0 Å². The van der Waals surface area contributed by atoms with E-state index in [1.54, 1.807) is 17.2 Å². The van der Waals surface area contributed by atoms with Crippen LogP contribution in [0.2, 0.25) is 0 Å². The summed E-state index contributed by atoms with van der Waals surface area (Å²) in [7, 11) is 0. The Balaban J connectivity index is 1.36. The van der Waals surface area contributed by atoms with Gasteiger partial charge in [-0.1, -0.05) is 30.3 Å². The van der Waals surface area contributed by atoms with E-state index in [2.05, 4.69) is 32.6 Å². The molecule has 150 valence electrons. The number of ether oxygens (including phenoxy) is 1. The van der Waals surface area contributed by atoms with Gasteiger partial charge in [-0.05, 0) is 36.2 Å². The molecule has 1 amide bonds. The van der Waals surface area contributed by atoms with E-state index in [1.165, 1.54) is 5.56 Å². The second-order valence-corrected chi connectivity index (χ2v) is 7.46. The zero-order valence-corrected chi connectivity index (χ0v) is 16.3. The van der Waals surface area contributed by atoms with E-state index in [0.717, 1.165) is 23.0 Å². The molecule has 0 radical (unpaired) electrons. The maximum Gasteiger partial charge on any atom is 0.253 e. The number of carbonyl (C=O) groups is 1. The normalized spacial score (nSPS) is 18.5. The smallest absolute Gasteiger partial charge is 0.253 e. The third kappa shape index (κ3) is 3.55. The molecule has 0 saturated carbocycles. The van der Waals surface area contributed by atoms with Crippen molar-refractivity contribution < 1.29 is 9.53 Å². The van der Waals surface area contributed by atoms with Gasteiger partial charge >= 0.3 is 0 Å². The highest BCUT2D eigenvalue weighted by molar-refractivity contribution is 5.98. The molecule has 5 rings (SSSR count). The van der Waals surface area contributed by atoms with Crippen LogP contribution in [0.3, 0.4) is 0 Å². The van der Waals surface area contributed by atoms with E-state index in [1.807, 2.05) is 48.7 Å². The van der Waals surface area contributed by atoms with Gasteiger partial charge < -0.3 is 10.1 Å². The van der Waals surface area contributed by atoms with Gasteiger partial charge in [-0.25, -0.2) is 0 Å². The first-order valence-corrected chi connectivity index (χ1v) is 9.95. The fourth-order valence-electron chi connectivity index (χ4n) is 4.04. The molecule has 2 aromatic carbocycles. The highest BCUT2D eigenvalue weighted by Gasteiger charge is 2.31. The molecule has 0 bridgehead atoms. The molecular weight excluding hydrogens is 378 g/mol. The minimum atomic E-state index is -0.126. The molecule has 1 N–H and O–H groups in total. The van der Waals surface area contributed by atoms with Gasteiger partial charge in [0.1, 0.15) is 12.7 Å². The lowest BCUT2D eigenvalue weighted by Crippen LogP contribution is -2.41. The van der Waals surface area contributed by atoms with Gasteiger partial charge in [-0.3, -0.25) is 14.3 Å². The summed E-state index contributed by atoms with van der Waals surface area (Å²) in [6, 6.07) is 17.6. The average molecular weight is 399 g/mol. The summed E-state index contributed by atoms with van der Waals surface area (Å²) >= 11 is 0. The first-order valence-electron chi connectivity index (χ1n) is 9.95. The average Bonchev–Trinajstić information content (AvgIpc) is 3.47. The van der Waals surface area contributed by atoms with E-state index in [4.69, 9.17) is 4.74 Å². The van der Waals surface area contributed by atoms with Gasteiger partial charge in [0.05, 0.1) is 36.0 Å². The van der Waals surface area contributed by atoms with Crippen LogP contribution >= 0.6 is 0 Å². The lowest BCUT2D eigenvalue weighted by molar-refractivity contribution is 0.0925. The van der Waals surface area contributed by atoms with Crippen LogP contribution in [0, 0.1) is 5.92 Å². The highest BCUT2D eigenvalue weighted by Crippen LogP contribution is 2.24. The summed E-state index contributed by atoms with van der Waals surface area (Å²) < 4.78 is 7.47. The van der Waals surface area contributed by atoms with Crippen molar-refractivity contribution >= 4 is 16.8 Å². The molecule has 30 heavy (non-hydrogen) atoms. The molecule has 7 nitrogen and oxygen atoms in total. The van der Waals surface area contributed by atoms with E-state index in [-0.39, 0.29) is 17.9 Å². The number of aromatic nitrogens is 4. The minimum absolute atomic E-state index is 0.0570. The Hall–Kier alpha value is -3.58. The van der Waals surface area contributed by atoms with Crippen molar-refractivity contribution in [1.29, 1.82) is 0 Å². The van der Waals surface area contributed by atoms with Gasteiger partial charge in [0.2, 0.25) is 0 Å². The number of carbonyl (C=O) groups excluding carboxylic acids is 1. The molecular formula is C23H21N5O2. The third-order valence-electron chi connectivity index (χ3n) is 5.58. The number of para-hydroxylation sites is 2. The van der Waals surface area contributed by atoms with Crippen LogP contribution in [0.1, 0.15) is 15.9 Å². The van der Waals surface area contributed by atoms with E-state index in [0.29, 0.717) is 18.8 Å². The van der Waals surface area contributed by atoms with E-state index >= 15 is 0 Å². The summed E-state index contributed by atoms with van der Waals surface area (Å²) in [5, 5.41) is 12.0. The molecule has 2 aromatic heterocycles. The van der Waals surface area contributed by atoms with Crippen molar-refractivity contribution in [2.75, 3.05) is 13.2 Å². The fourth-order valence-corrected chi connectivity index (χ4v) is 4.04. The number of pyridine rings is 1. The van der Waals surface area contributed by atoms with Crippen molar-refractivity contribution in [2.24, 2.45) is 5.92 Å². The predicted octanol–water partition coefficient (Wildman–Crippen LogP) is 2.80. The molecule has 0 unspecified atom stereocenters. The molecule has 1 aliphatic rings. The van der Waals surface area contributed by atoms with Crippen LogP contribution in [0.4, 0.5) is 0 Å². The zero-order valence-electron chi connectivity index (χ0n) is 16.3. The van der Waals surface area contributed by atoms with Crippen LogP contribution in [0.25, 0.3) is 16.6 Å². The Morgan fingerprint density at radius 1 is 1.03 bits per heavy atom. The molecule has 0 aliphatic carbocycles.